The Labute approximate surface area is 193 Å². The van der Waals surface area contributed by atoms with Crippen molar-refractivity contribution >= 4 is 35.0 Å². The molecule has 2 heterocycles. The van der Waals surface area contributed by atoms with Crippen molar-refractivity contribution in [1.29, 1.82) is 5.26 Å². The van der Waals surface area contributed by atoms with Gasteiger partial charge in [-0.15, -0.1) is 0 Å². The number of rotatable bonds is 4. The number of aryl methyl sites for hydroxylation is 1. The van der Waals surface area contributed by atoms with Gasteiger partial charge in [0, 0.05) is 23.6 Å². The molecule has 0 aliphatic carbocycles. The summed E-state index contributed by atoms with van der Waals surface area (Å²) in [5.74, 6) is -1.12. The van der Waals surface area contributed by atoms with Gasteiger partial charge in [0.2, 0.25) is 0 Å². The number of phenols is 1. The van der Waals surface area contributed by atoms with E-state index in [1.54, 1.807) is 42.5 Å². The number of H-pyrrole nitrogens is 1. The molecule has 0 aliphatic rings. The SMILES string of the molecule is Cn1c(=O)c(C(=O)/C=C/c2cc(C#N)c(=S)[nH]c2-c2ccccc2O)c(O)c2ccccc21. The largest absolute Gasteiger partial charge is 0.507 e. The van der Waals surface area contributed by atoms with Gasteiger partial charge < -0.3 is 19.8 Å². The van der Waals surface area contributed by atoms with Gasteiger partial charge in [0.25, 0.3) is 5.56 Å². The van der Waals surface area contributed by atoms with Gasteiger partial charge in [-0.25, -0.2) is 0 Å². The Balaban J connectivity index is 1.87. The van der Waals surface area contributed by atoms with Crippen molar-refractivity contribution in [3.63, 3.8) is 0 Å². The molecule has 0 fully saturated rings. The number of nitrogens with one attached hydrogen (secondary N) is 1. The van der Waals surface area contributed by atoms with Crippen LogP contribution in [0.15, 0.2) is 65.5 Å². The number of aromatic amines is 1. The van der Waals surface area contributed by atoms with Crippen LogP contribution in [0.2, 0.25) is 0 Å². The van der Waals surface area contributed by atoms with E-state index >= 15 is 0 Å². The zero-order valence-corrected chi connectivity index (χ0v) is 18.2. The van der Waals surface area contributed by atoms with Crippen molar-refractivity contribution in [1.82, 2.24) is 9.55 Å². The van der Waals surface area contributed by atoms with Crippen molar-refractivity contribution in [3.05, 3.63) is 92.4 Å². The number of aromatic nitrogens is 2. The van der Waals surface area contributed by atoms with Gasteiger partial charge in [-0.05, 0) is 42.5 Å². The van der Waals surface area contributed by atoms with E-state index in [9.17, 15) is 25.1 Å². The molecule has 0 saturated carbocycles. The van der Waals surface area contributed by atoms with Crippen LogP contribution in [0.3, 0.4) is 0 Å². The molecule has 0 bridgehead atoms. The van der Waals surface area contributed by atoms with Crippen LogP contribution in [0, 0.1) is 16.0 Å². The molecule has 2 aromatic heterocycles. The average Bonchev–Trinajstić information content (AvgIpc) is 2.82. The highest BCUT2D eigenvalue weighted by molar-refractivity contribution is 7.71. The summed E-state index contributed by atoms with van der Waals surface area (Å²) in [5, 5.41) is 30.7. The minimum absolute atomic E-state index is 0.0186. The highest BCUT2D eigenvalue weighted by Gasteiger charge is 2.19. The van der Waals surface area contributed by atoms with Crippen LogP contribution in [-0.4, -0.2) is 25.5 Å². The molecule has 0 amide bonds. The van der Waals surface area contributed by atoms with Crippen molar-refractivity contribution < 1.29 is 15.0 Å². The molecule has 3 N–H and O–H groups in total. The molecule has 7 nitrogen and oxygen atoms in total. The van der Waals surface area contributed by atoms with Gasteiger partial charge in [-0.2, -0.15) is 5.26 Å². The zero-order chi connectivity index (χ0) is 23.7. The van der Waals surface area contributed by atoms with Crippen molar-refractivity contribution in [2.75, 3.05) is 0 Å². The number of benzene rings is 2. The predicted molar refractivity (Wildman–Crippen MR) is 128 cm³/mol. The molecular formula is C25H17N3O4S. The van der Waals surface area contributed by atoms with Crippen molar-refractivity contribution in [3.8, 4) is 28.8 Å². The fourth-order valence-electron chi connectivity index (χ4n) is 3.62. The summed E-state index contributed by atoms with van der Waals surface area (Å²) in [6.07, 6.45) is 2.55. The standard InChI is InChI=1S/C25H17N3O4S/c1-28-18-8-4-2-6-16(18)23(31)21(25(28)32)20(30)11-10-14-12-15(13-26)24(33)27-22(14)17-7-3-5-9-19(17)29/h2-12,29,31H,1H3,(H,27,33)/b11-10+. The topological polar surface area (TPSA) is 119 Å². The van der Waals surface area contributed by atoms with Gasteiger partial charge in [0.05, 0.1) is 16.8 Å². The van der Waals surface area contributed by atoms with Crippen molar-refractivity contribution in [2.45, 2.75) is 0 Å². The number of hydrogen-bond acceptors (Lipinski definition) is 6. The maximum Gasteiger partial charge on any atom is 0.265 e. The molecule has 2 aromatic carbocycles. The van der Waals surface area contributed by atoms with E-state index in [1.165, 1.54) is 29.8 Å². The summed E-state index contributed by atoms with van der Waals surface area (Å²) in [4.78, 5) is 28.7. The number of carbonyl (C=O) groups is 1. The number of nitriles is 1. The van der Waals surface area contributed by atoms with E-state index in [2.05, 4.69) is 4.98 Å². The molecule has 0 aliphatic heterocycles. The number of fused-ring (bicyclic) bond motifs is 1. The number of carbonyl (C=O) groups excluding carboxylic acids is 1. The summed E-state index contributed by atoms with van der Waals surface area (Å²) < 4.78 is 1.48. The number of ketones is 1. The number of allylic oxidation sites excluding steroid dienone is 1. The molecule has 0 spiro atoms. The van der Waals surface area contributed by atoms with Crippen LogP contribution in [0.1, 0.15) is 21.5 Å². The Morgan fingerprint density at radius 2 is 1.85 bits per heavy atom. The first kappa shape index (κ1) is 21.7. The smallest absolute Gasteiger partial charge is 0.265 e. The average molecular weight is 455 g/mol. The second-order valence-corrected chi connectivity index (χ2v) is 7.68. The van der Waals surface area contributed by atoms with Crippen LogP contribution in [-0.2, 0) is 7.05 Å². The lowest BCUT2D eigenvalue weighted by atomic mass is 10.0. The second kappa shape index (κ2) is 8.57. The van der Waals surface area contributed by atoms with Gasteiger partial charge in [0.1, 0.15) is 27.8 Å². The molecule has 4 rings (SSSR count). The predicted octanol–water partition coefficient (Wildman–Crippen LogP) is 4.44. The normalized spacial score (nSPS) is 11.0. The summed E-state index contributed by atoms with van der Waals surface area (Å²) in [7, 11) is 1.53. The van der Waals surface area contributed by atoms with Gasteiger partial charge in [-0.3, -0.25) is 9.59 Å². The van der Waals surface area contributed by atoms with Crippen LogP contribution >= 0.6 is 12.2 Å². The molecular weight excluding hydrogens is 438 g/mol. The first-order chi connectivity index (χ1) is 15.8. The number of phenolic OH excluding ortho intramolecular Hbond substituents is 1. The molecule has 0 unspecified atom stereocenters. The number of pyridine rings is 2. The number of nitrogens with zero attached hydrogens (tertiary/aromatic N) is 2. The number of aromatic hydroxyl groups is 2. The van der Waals surface area contributed by atoms with E-state index < -0.39 is 17.1 Å². The fraction of sp³-hybridized carbons (Fsp3) is 0.0400. The van der Waals surface area contributed by atoms with E-state index in [0.29, 0.717) is 27.7 Å². The summed E-state index contributed by atoms with van der Waals surface area (Å²) in [5.41, 5.74) is 0.902. The number of para-hydroxylation sites is 2. The Hall–Kier alpha value is -4.48. The monoisotopic (exact) mass is 455 g/mol. The molecule has 8 heteroatoms. The first-order valence-electron chi connectivity index (χ1n) is 9.82. The third-order valence-corrected chi connectivity index (χ3v) is 5.62. The molecule has 0 atom stereocenters. The minimum Gasteiger partial charge on any atom is -0.507 e. The van der Waals surface area contributed by atoms with E-state index in [-0.39, 0.29) is 21.5 Å². The lowest BCUT2D eigenvalue weighted by Crippen LogP contribution is -2.24. The zero-order valence-electron chi connectivity index (χ0n) is 17.4. The summed E-state index contributed by atoms with van der Waals surface area (Å²) in [6, 6.07) is 16.7. The highest BCUT2D eigenvalue weighted by Crippen LogP contribution is 2.31. The quantitative estimate of drug-likeness (QED) is 0.238. The van der Waals surface area contributed by atoms with Gasteiger partial charge >= 0.3 is 0 Å². The highest BCUT2D eigenvalue weighted by atomic mass is 32.1. The minimum atomic E-state index is -0.706. The van der Waals surface area contributed by atoms with Crippen LogP contribution < -0.4 is 5.56 Å². The third kappa shape index (κ3) is 3.82. The lowest BCUT2D eigenvalue weighted by molar-refractivity contribution is 0.104. The second-order valence-electron chi connectivity index (χ2n) is 7.27. The van der Waals surface area contributed by atoms with Crippen molar-refractivity contribution in [2.24, 2.45) is 7.05 Å². The van der Waals surface area contributed by atoms with Crippen LogP contribution in [0.4, 0.5) is 0 Å². The van der Waals surface area contributed by atoms with E-state index in [1.807, 2.05) is 6.07 Å². The third-order valence-electron chi connectivity index (χ3n) is 5.30. The molecule has 33 heavy (non-hydrogen) atoms. The van der Waals surface area contributed by atoms with E-state index in [0.717, 1.165) is 6.08 Å². The Morgan fingerprint density at radius 3 is 2.58 bits per heavy atom. The maximum atomic E-state index is 13.0. The first-order valence-corrected chi connectivity index (χ1v) is 10.2. The van der Waals surface area contributed by atoms with E-state index in [4.69, 9.17) is 12.2 Å². The van der Waals surface area contributed by atoms with Gasteiger partial charge in [-0.1, -0.05) is 36.5 Å². The molecule has 162 valence electrons. The Kier molecular flexibility index (Phi) is 5.65. The lowest BCUT2D eigenvalue weighted by Gasteiger charge is -2.11. The molecule has 0 radical (unpaired) electrons. The molecule has 4 aromatic rings. The Morgan fingerprint density at radius 1 is 1.15 bits per heavy atom. The number of hydrogen-bond donors (Lipinski definition) is 3. The summed E-state index contributed by atoms with van der Waals surface area (Å²) in [6.45, 7) is 0. The fourth-order valence-corrected chi connectivity index (χ4v) is 3.83. The maximum absolute atomic E-state index is 13.0. The van der Waals surface area contributed by atoms with Gasteiger partial charge in [0.15, 0.2) is 5.78 Å². The van der Waals surface area contributed by atoms with Crippen LogP contribution in [0.25, 0.3) is 28.2 Å². The summed E-state index contributed by atoms with van der Waals surface area (Å²) >= 11 is 5.22. The molecule has 0 saturated heterocycles. The Bertz CT molecular complexity index is 1620. The van der Waals surface area contributed by atoms with Crippen LogP contribution in [0.5, 0.6) is 11.5 Å².